The third kappa shape index (κ3) is 4.13. The van der Waals surface area contributed by atoms with Gasteiger partial charge in [0.1, 0.15) is 11.5 Å². The maximum atomic E-state index is 13.3. The SMILES string of the molecule is Cc1ccc(F)cc1C(=O)Nc1cc(C(=O)NCc2ccccc2)[nH]n1. The molecule has 0 fully saturated rings. The monoisotopic (exact) mass is 352 g/mol. The third-order valence-corrected chi connectivity index (χ3v) is 3.80. The van der Waals surface area contributed by atoms with Crippen LogP contribution in [0, 0.1) is 12.7 Å². The van der Waals surface area contributed by atoms with Crippen molar-refractivity contribution in [3.63, 3.8) is 0 Å². The van der Waals surface area contributed by atoms with Crippen LogP contribution in [0.15, 0.2) is 54.6 Å². The number of nitrogens with one attached hydrogen (secondary N) is 3. The van der Waals surface area contributed by atoms with E-state index in [0.29, 0.717) is 12.1 Å². The summed E-state index contributed by atoms with van der Waals surface area (Å²) in [7, 11) is 0. The van der Waals surface area contributed by atoms with Gasteiger partial charge in [-0.1, -0.05) is 36.4 Å². The van der Waals surface area contributed by atoms with E-state index in [1.807, 2.05) is 30.3 Å². The largest absolute Gasteiger partial charge is 0.347 e. The Morgan fingerprint density at radius 1 is 1.08 bits per heavy atom. The molecule has 1 aromatic heterocycles. The van der Waals surface area contributed by atoms with Gasteiger partial charge < -0.3 is 10.6 Å². The maximum absolute atomic E-state index is 13.3. The predicted molar refractivity (Wildman–Crippen MR) is 95.3 cm³/mol. The zero-order valence-electron chi connectivity index (χ0n) is 14.0. The Hall–Kier alpha value is -3.48. The van der Waals surface area contributed by atoms with Gasteiger partial charge in [0.2, 0.25) is 0 Å². The second kappa shape index (κ2) is 7.60. The number of nitrogens with zero attached hydrogens (tertiary/aromatic N) is 1. The summed E-state index contributed by atoms with van der Waals surface area (Å²) in [5.41, 5.74) is 2.03. The molecule has 0 bridgehead atoms. The fraction of sp³-hybridized carbons (Fsp3) is 0.105. The summed E-state index contributed by atoms with van der Waals surface area (Å²) in [6.07, 6.45) is 0. The molecule has 3 rings (SSSR count). The van der Waals surface area contributed by atoms with Gasteiger partial charge in [0.05, 0.1) is 0 Å². The predicted octanol–water partition coefficient (Wildman–Crippen LogP) is 3.04. The van der Waals surface area contributed by atoms with E-state index in [1.54, 1.807) is 6.92 Å². The van der Waals surface area contributed by atoms with Gasteiger partial charge in [-0.15, -0.1) is 0 Å². The summed E-state index contributed by atoms with van der Waals surface area (Å²) in [5.74, 6) is -1.15. The summed E-state index contributed by atoms with van der Waals surface area (Å²) in [6.45, 7) is 2.09. The molecule has 3 N–H and O–H groups in total. The van der Waals surface area contributed by atoms with Crippen molar-refractivity contribution in [1.82, 2.24) is 15.5 Å². The lowest BCUT2D eigenvalue weighted by atomic mass is 10.1. The fourth-order valence-electron chi connectivity index (χ4n) is 2.40. The molecule has 6 nitrogen and oxygen atoms in total. The minimum Gasteiger partial charge on any atom is -0.347 e. The molecule has 0 saturated carbocycles. The van der Waals surface area contributed by atoms with E-state index >= 15 is 0 Å². The van der Waals surface area contributed by atoms with Gasteiger partial charge in [-0.25, -0.2) is 4.39 Å². The number of carbonyl (C=O) groups excluding carboxylic acids is 2. The van der Waals surface area contributed by atoms with Crippen LogP contribution in [0.4, 0.5) is 10.2 Å². The molecule has 3 aromatic rings. The summed E-state index contributed by atoms with van der Waals surface area (Å²) in [5, 5.41) is 11.8. The van der Waals surface area contributed by atoms with Gasteiger partial charge in [0.25, 0.3) is 11.8 Å². The molecule has 2 aromatic carbocycles. The number of aromatic amines is 1. The van der Waals surface area contributed by atoms with Crippen LogP contribution in [0.5, 0.6) is 0 Å². The Bertz CT molecular complexity index is 938. The molecule has 0 radical (unpaired) electrons. The highest BCUT2D eigenvalue weighted by Gasteiger charge is 2.14. The minimum absolute atomic E-state index is 0.184. The van der Waals surface area contributed by atoms with Crippen molar-refractivity contribution in [2.24, 2.45) is 0 Å². The number of hydrogen-bond acceptors (Lipinski definition) is 3. The van der Waals surface area contributed by atoms with Gasteiger partial charge in [-0.05, 0) is 30.2 Å². The van der Waals surface area contributed by atoms with Gasteiger partial charge in [-0.2, -0.15) is 5.10 Å². The second-order valence-electron chi connectivity index (χ2n) is 5.75. The van der Waals surface area contributed by atoms with Gasteiger partial charge in [-0.3, -0.25) is 14.7 Å². The van der Waals surface area contributed by atoms with Gasteiger partial charge in [0, 0.05) is 18.2 Å². The first kappa shape index (κ1) is 17.3. The normalized spacial score (nSPS) is 10.4. The summed E-state index contributed by atoms with van der Waals surface area (Å²) < 4.78 is 13.3. The molecule has 7 heteroatoms. The number of halogens is 1. The number of H-pyrrole nitrogens is 1. The molecule has 0 aliphatic heterocycles. The van der Waals surface area contributed by atoms with E-state index in [-0.39, 0.29) is 23.0 Å². The second-order valence-corrected chi connectivity index (χ2v) is 5.75. The van der Waals surface area contributed by atoms with Crippen LogP contribution >= 0.6 is 0 Å². The van der Waals surface area contributed by atoms with Gasteiger partial charge in [0.15, 0.2) is 5.82 Å². The number of benzene rings is 2. The Labute approximate surface area is 149 Å². The van der Waals surface area contributed by atoms with Crippen molar-refractivity contribution in [2.45, 2.75) is 13.5 Å². The lowest BCUT2D eigenvalue weighted by Crippen LogP contribution is -2.23. The first-order chi connectivity index (χ1) is 12.5. The highest BCUT2D eigenvalue weighted by molar-refractivity contribution is 6.05. The molecule has 0 saturated heterocycles. The molecule has 0 spiro atoms. The smallest absolute Gasteiger partial charge is 0.269 e. The standard InChI is InChI=1S/C19H17FN4O2/c1-12-7-8-14(20)9-15(12)18(25)22-17-10-16(23-24-17)19(26)21-11-13-5-3-2-4-6-13/h2-10H,11H2,1H3,(H,21,26)(H2,22,23,24,25). The van der Waals surface area contributed by atoms with Gasteiger partial charge >= 0.3 is 0 Å². The van der Waals surface area contributed by atoms with Crippen LogP contribution in [0.2, 0.25) is 0 Å². The summed E-state index contributed by atoms with van der Waals surface area (Å²) >= 11 is 0. The number of anilines is 1. The van der Waals surface area contributed by atoms with Crippen LogP contribution in [-0.4, -0.2) is 22.0 Å². The average molecular weight is 352 g/mol. The molecule has 0 unspecified atom stereocenters. The van der Waals surface area contributed by atoms with Crippen molar-refractivity contribution in [3.8, 4) is 0 Å². The van der Waals surface area contributed by atoms with E-state index < -0.39 is 11.7 Å². The number of aromatic nitrogens is 2. The molecule has 1 heterocycles. The molecule has 2 amide bonds. The van der Waals surface area contributed by atoms with Crippen molar-refractivity contribution in [1.29, 1.82) is 0 Å². The molecule has 0 aliphatic carbocycles. The number of rotatable bonds is 5. The summed E-state index contributed by atoms with van der Waals surface area (Å²) in [4.78, 5) is 24.4. The summed E-state index contributed by atoms with van der Waals surface area (Å²) in [6, 6.07) is 14.9. The third-order valence-electron chi connectivity index (χ3n) is 3.80. The molecule has 26 heavy (non-hydrogen) atoms. The molecule has 132 valence electrons. The number of aryl methyl sites for hydroxylation is 1. The van der Waals surface area contributed by atoms with Crippen molar-refractivity contribution < 1.29 is 14.0 Å². The molecule has 0 aliphatic rings. The Morgan fingerprint density at radius 2 is 1.85 bits per heavy atom. The number of hydrogen-bond donors (Lipinski definition) is 3. The lowest BCUT2D eigenvalue weighted by Gasteiger charge is -2.05. The van der Waals surface area contributed by atoms with E-state index in [2.05, 4.69) is 20.8 Å². The number of carbonyl (C=O) groups is 2. The zero-order valence-corrected chi connectivity index (χ0v) is 14.0. The minimum atomic E-state index is -0.497. The van der Waals surface area contributed by atoms with Crippen molar-refractivity contribution >= 4 is 17.6 Å². The lowest BCUT2D eigenvalue weighted by molar-refractivity contribution is 0.0945. The molecular formula is C19H17FN4O2. The highest BCUT2D eigenvalue weighted by atomic mass is 19.1. The van der Waals surface area contributed by atoms with E-state index in [4.69, 9.17) is 0 Å². The Morgan fingerprint density at radius 3 is 2.62 bits per heavy atom. The quantitative estimate of drug-likeness (QED) is 0.660. The molecule has 0 atom stereocenters. The maximum Gasteiger partial charge on any atom is 0.269 e. The van der Waals surface area contributed by atoms with Crippen molar-refractivity contribution in [3.05, 3.63) is 82.8 Å². The average Bonchev–Trinajstić information content (AvgIpc) is 3.11. The number of amides is 2. The Balaban J connectivity index is 1.63. The van der Waals surface area contributed by atoms with Crippen LogP contribution in [0.25, 0.3) is 0 Å². The zero-order chi connectivity index (χ0) is 18.5. The molecular weight excluding hydrogens is 335 g/mol. The Kier molecular flexibility index (Phi) is 5.07. The van der Waals surface area contributed by atoms with Crippen LogP contribution < -0.4 is 10.6 Å². The fourth-order valence-corrected chi connectivity index (χ4v) is 2.40. The van der Waals surface area contributed by atoms with E-state index in [1.165, 1.54) is 18.2 Å². The first-order valence-corrected chi connectivity index (χ1v) is 7.98. The van der Waals surface area contributed by atoms with E-state index in [9.17, 15) is 14.0 Å². The van der Waals surface area contributed by atoms with E-state index in [0.717, 1.165) is 11.6 Å². The van der Waals surface area contributed by atoms with Crippen molar-refractivity contribution in [2.75, 3.05) is 5.32 Å². The van der Waals surface area contributed by atoms with Crippen LogP contribution in [-0.2, 0) is 6.54 Å². The highest BCUT2D eigenvalue weighted by Crippen LogP contribution is 2.13. The van der Waals surface area contributed by atoms with Crippen LogP contribution in [0.3, 0.4) is 0 Å². The topological polar surface area (TPSA) is 86.9 Å². The van der Waals surface area contributed by atoms with Crippen LogP contribution in [0.1, 0.15) is 32.0 Å². The first-order valence-electron chi connectivity index (χ1n) is 7.98.